The molecule has 2 rings (SSSR count). The summed E-state index contributed by atoms with van der Waals surface area (Å²) in [7, 11) is 0. The van der Waals surface area contributed by atoms with Gasteiger partial charge in [-0.25, -0.2) is 4.39 Å². The van der Waals surface area contributed by atoms with E-state index in [-0.39, 0.29) is 16.6 Å². The SMILES string of the molecule is Cc1c(F)cc(Cl)c(O)c1CC1CCCCN1. The zero-order valence-electron chi connectivity index (χ0n) is 9.89. The van der Waals surface area contributed by atoms with Crippen LogP contribution < -0.4 is 5.32 Å². The molecule has 0 aromatic heterocycles. The molecule has 0 amide bonds. The third-order valence-corrected chi connectivity index (χ3v) is 3.73. The van der Waals surface area contributed by atoms with Gasteiger partial charge in [0.25, 0.3) is 0 Å². The van der Waals surface area contributed by atoms with Gasteiger partial charge in [-0.15, -0.1) is 0 Å². The van der Waals surface area contributed by atoms with Crippen LogP contribution in [0.2, 0.25) is 5.02 Å². The highest BCUT2D eigenvalue weighted by atomic mass is 35.5. The summed E-state index contributed by atoms with van der Waals surface area (Å²) < 4.78 is 13.6. The zero-order chi connectivity index (χ0) is 12.4. The minimum absolute atomic E-state index is 0.0259. The van der Waals surface area contributed by atoms with Gasteiger partial charge in [-0.3, -0.25) is 0 Å². The summed E-state index contributed by atoms with van der Waals surface area (Å²) in [5.41, 5.74) is 1.13. The highest BCUT2D eigenvalue weighted by Crippen LogP contribution is 2.33. The average Bonchev–Trinajstić information content (AvgIpc) is 2.33. The molecule has 17 heavy (non-hydrogen) atoms. The summed E-state index contributed by atoms with van der Waals surface area (Å²) in [6, 6.07) is 1.48. The maximum Gasteiger partial charge on any atom is 0.137 e. The summed E-state index contributed by atoms with van der Waals surface area (Å²) in [5.74, 6) is -0.323. The lowest BCUT2D eigenvalue weighted by Crippen LogP contribution is -2.35. The molecule has 0 aliphatic carbocycles. The minimum Gasteiger partial charge on any atom is -0.506 e. The van der Waals surface area contributed by atoms with Crippen LogP contribution in [0.4, 0.5) is 4.39 Å². The first-order chi connectivity index (χ1) is 8.09. The molecule has 2 N–H and O–H groups in total. The number of aromatic hydroxyl groups is 1. The third kappa shape index (κ3) is 2.72. The van der Waals surface area contributed by atoms with Crippen molar-refractivity contribution in [3.05, 3.63) is 28.0 Å². The molecule has 1 heterocycles. The molecule has 1 fully saturated rings. The molecule has 0 bridgehead atoms. The van der Waals surface area contributed by atoms with E-state index in [1.54, 1.807) is 6.92 Å². The summed E-state index contributed by atoms with van der Waals surface area (Å²) in [6.45, 7) is 2.68. The van der Waals surface area contributed by atoms with Gasteiger partial charge in [-0.05, 0) is 44.4 Å². The second-order valence-corrected chi connectivity index (χ2v) is 5.05. The second-order valence-electron chi connectivity index (χ2n) is 4.64. The van der Waals surface area contributed by atoms with E-state index in [2.05, 4.69) is 5.32 Å². The van der Waals surface area contributed by atoms with Gasteiger partial charge in [0.15, 0.2) is 0 Å². The topological polar surface area (TPSA) is 32.3 Å². The first-order valence-electron chi connectivity index (χ1n) is 5.99. The zero-order valence-corrected chi connectivity index (χ0v) is 10.6. The van der Waals surface area contributed by atoms with E-state index in [9.17, 15) is 9.50 Å². The highest BCUT2D eigenvalue weighted by Gasteiger charge is 2.19. The molecule has 0 spiro atoms. The Labute approximate surface area is 106 Å². The second kappa shape index (κ2) is 5.23. The van der Waals surface area contributed by atoms with Crippen molar-refractivity contribution in [2.24, 2.45) is 0 Å². The number of phenolic OH excluding ortho intramolecular Hbond substituents is 1. The fraction of sp³-hybridized carbons (Fsp3) is 0.538. The smallest absolute Gasteiger partial charge is 0.137 e. The first kappa shape index (κ1) is 12.7. The van der Waals surface area contributed by atoms with Gasteiger partial charge in [0.05, 0.1) is 5.02 Å². The van der Waals surface area contributed by atoms with Crippen molar-refractivity contribution >= 4 is 11.6 Å². The van der Waals surface area contributed by atoms with Gasteiger partial charge in [-0.1, -0.05) is 18.0 Å². The molecule has 1 aromatic rings. The summed E-state index contributed by atoms with van der Waals surface area (Å²) in [4.78, 5) is 0. The lowest BCUT2D eigenvalue weighted by atomic mass is 9.94. The Bertz CT molecular complexity index is 390. The predicted molar refractivity (Wildman–Crippen MR) is 67.2 cm³/mol. The number of hydrogen-bond acceptors (Lipinski definition) is 2. The van der Waals surface area contributed by atoms with Crippen LogP contribution in [0.3, 0.4) is 0 Å². The van der Waals surface area contributed by atoms with Crippen molar-refractivity contribution in [2.75, 3.05) is 6.54 Å². The Morgan fingerprint density at radius 1 is 1.53 bits per heavy atom. The lowest BCUT2D eigenvalue weighted by molar-refractivity contribution is 0.390. The largest absolute Gasteiger partial charge is 0.506 e. The number of rotatable bonds is 2. The Kier molecular flexibility index (Phi) is 3.89. The van der Waals surface area contributed by atoms with Gasteiger partial charge in [0, 0.05) is 11.6 Å². The van der Waals surface area contributed by atoms with Gasteiger partial charge in [0.2, 0.25) is 0 Å². The maximum atomic E-state index is 13.6. The van der Waals surface area contributed by atoms with Crippen LogP contribution in [0, 0.1) is 12.7 Å². The first-order valence-corrected chi connectivity index (χ1v) is 6.37. The molecule has 2 nitrogen and oxygen atoms in total. The molecule has 1 aromatic carbocycles. The van der Waals surface area contributed by atoms with Gasteiger partial charge < -0.3 is 10.4 Å². The van der Waals surface area contributed by atoms with Gasteiger partial charge >= 0.3 is 0 Å². The molecule has 1 atom stereocenters. The highest BCUT2D eigenvalue weighted by molar-refractivity contribution is 6.32. The molecule has 94 valence electrons. The van der Waals surface area contributed by atoms with E-state index in [1.807, 2.05) is 0 Å². The Morgan fingerprint density at radius 3 is 2.94 bits per heavy atom. The van der Waals surface area contributed by atoms with Crippen LogP contribution in [0.15, 0.2) is 6.07 Å². The Hall–Kier alpha value is -0.800. The van der Waals surface area contributed by atoms with Crippen molar-refractivity contribution in [3.63, 3.8) is 0 Å². The van der Waals surface area contributed by atoms with Gasteiger partial charge in [-0.2, -0.15) is 0 Å². The molecule has 0 radical (unpaired) electrons. The average molecular weight is 258 g/mol. The number of halogens is 2. The molecule has 4 heteroatoms. The number of piperidine rings is 1. The number of benzene rings is 1. The Balaban J connectivity index is 2.24. The van der Waals surface area contributed by atoms with Crippen LogP contribution in [0.25, 0.3) is 0 Å². The predicted octanol–water partition coefficient (Wildman–Crippen LogP) is 3.18. The number of phenols is 1. The maximum absolute atomic E-state index is 13.6. The summed E-state index contributed by atoms with van der Waals surface area (Å²) in [5, 5.41) is 13.4. The molecule has 1 unspecified atom stereocenters. The fourth-order valence-electron chi connectivity index (χ4n) is 2.35. The monoisotopic (exact) mass is 257 g/mol. The van der Waals surface area contributed by atoms with E-state index in [0.29, 0.717) is 23.6 Å². The summed E-state index contributed by atoms with van der Waals surface area (Å²) in [6.07, 6.45) is 4.06. The van der Waals surface area contributed by atoms with Crippen molar-refractivity contribution in [2.45, 2.75) is 38.6 Å². The van der Waals surface area contributed by atoms with Crippen LogP contribution in [-0.4, -0.2) is 17.7 Å². The van der Waals surface area contributed by atoms with Gasteiger partial charge in [0.1, 0.15) is 11.6 Å². The number of hydrogen-bond donors (Lipinski definition) is 2. The van der Waals surface area contributed by atoms with Crippen molar-refractivity contribution in [1.29, 1.82) is 0 Å². The van der Waals surface area contributed by atoms with E-state index >= 15 is 0 Å². The van der Waals surface area contributed by atoms with Crippen molar-refractivity contribution in [1.82, 2.24) is 5.32 Å². The molecule has 1 aliphatic heterocycles. The van der Waals surface area contributed by atoms with Crippen molar-refractivity contribution in [3.8, 4) is 5.75 Å². The molecule has 0 saturated carbocycles. The molecule has 1 aliphatic rings. The third-order valence-electron chi connectivity index (χ3n) is 3.44. The standard InChI is InChI=1S/C13H17ClFNO/c1-8-10(6-9-4-2-3-5-16-9)13(17)11(14)7-12(8)15/h7,9,16-17H,2-6H2,1H3. The van der Waals surface area contributed by atoms with Crippen molar-refractivity contribution < 1.29 is 9.50 Å². The van der Waals surface area contributed by atoms with Crippen LogP contribution in [0.1, 0.15) is 30.4 Å². The van der Waals surface area contributed by atoms with Crippen LogP contribution >= 0.6 is 11.6 Å². The normalized spacial score (nSPS) is 20.5. The molecular formula is C13H17ClFNO. The van der Waals surface area contributed by atoms with E-state index in [4.69, 9.17) is 11.6 Å². The van der Waals surface area contributed by atoms with E-state index < -0.39 is 0 Å². The number of nitrogens with one attached hydrogen (secondary N) is 1. The van der Waals surface area contributed by atoms with E-state index in [0.717, 1.165) is 13.0 Å². The molecule has 1 saturated heterocycles. The Morgan fingerprint density at radius 2 is 2.29 bits per heavy atom. The summed E-state index contributed by atoms with van der Waals surface area (Å²) >= 11 is 5.80. The fourth-order valence-corrected chi connectivity index (χ4v) is 2.56. The molecular weight excluding hydrogens is 241 g/mol. The van der Waals surface area contributed by atoms with Crippen LogP contribution in [0.5, 0.6) is 5.75 Å². The minimum atomic E-state index is -0.349. The van der Waals surface area contributed by atoms with Crippen LogP contribution in [-0.2, 0) is 6.42 Å². The quantitative estimate of drug-likeness (QED) is 0.853. The van der Waals surface area contributed by atoms with E-state index in [1.165, 1.54) is 18.9 Å². The lowest BCUT2D eigenvalue weighted by Gasteiger charge is -2.24.